The van der Waals surface area contributed by atoms with Crippen molar-refractivity contribution in [3.63, 3.8) is 0 Å². The molecule has 1 heterocycles. The topological polar surface area (TPSA) is 50.8 Å². The summed E-state index contributed by atoms with van der Waals surface area (Å²) in [4.78, 5) is 16.6. The van der Waals surface area contributed by atoms with Gasteiger partial charge in [-0.2, -0.15) is 0 Å². The van der Waals surface area contributed by atoms with E-state index in [0.29, 0.717) is 18.0 Å². The number of amides is 1. The first-order chi connectivity index (χ1) is 7.26. The smallest absolute Gasteiger partial charge is 0.254 e. The van der Waals surface area contributed by atoms with Crippen molar-refractivity contribution in [1.29, 1.82) is 0 Å². The molecule has 0 bridgehead atoms. The Bertz CT molecular complexity index is 392. The summed E-state index contributed by atoms with van der Waals surface area (Å²) in [6, 6.07) is 5.24. The first kappa shape index (κ1) is 9.79. The second kappa shape index (κ2) is 3.78. The van der Waals surface area contributed by atoms with E-state index in [1.165, 1.54) is 0 Å². The predicted molar refractivity (Wildman–Crippen MR) is 54.8 cm³/mol. The van der Waals surface area contributed by atoms with E-state index in [1.54, 1.807) is 37.5 Å². The molecule has 2 rings (SSSR count). The summed E-state index contributed by atoms with van der Waals surface area (Å²) in [5, 5.41) is 4.29. The third-order valence-corrected chi connectivity index (χ3v) is 2.32. The maximum atomic E-state index is 11.5. The number of hydroxylamine groups is 1. The number of anilines is 1. The minimum absolute atomic E-state index is 0.0963. The van der Waals surface area contributed by atoms with Gasteiger partial charge in [0, 0.05) is 6.07 Å². The summed E-state index contributed by atoms with van der Waals surface area (Å²) in [6.45, 7) is 0.343. The van der Waals surface area contributed by atoms with Gasteiger partial charge in [-0.3, -0.25) is 9.63 Å². The van der Waals surface area contributed by atoms with Gasteiger partial charge >= 0.3 is 0 Å². The SMILES string of the molecule is COc1ccc2c(c1)N(OC)CNC2=O. The lowest BCUT2D eigenvalue weighted by atomic mass is 10.1. The van der Waals surface area contributed by atoms with Crippen LogP contribution < -0.4 is 15.1 Å². The Morgan fingerprint density at radius 1 is 1.40 bits per heavy atom. The second-order valence-corrected chi connectivity index (χ2v) is 3.11. The molecule has 1 aliphatic heterocycles. The maximum Gasteiger partial charge on any atom is 0.254 e. The van der Waals surface area contributed by atoms with Crippen LogP contribution in [-0.2, 0) is 4.84 Å². The van der Waals surface area contributed by atoms with E-state index in [-0.39, 0.29) is 5.91 Å². The molecule has 0 unspecified atom stereocenters. The number of hydrogen-bond acceptors (Lipinski definition) is 4. The highest BCUT2D eigenvalue weighted by atomic mass is 16.7. The molecule has 0 aliphatic carbocycles. The highest BCUT2D eigenvalue weighted by Gasteiger charge is 2.22. The van der Waals surface area contributed by atoms with E-state index < -0.39 is 0 Å². The van der Waals surface area contributed by atoms with Crippen LogP contribution in [-0.4, -0.2) is 26.8 Å². The molecular weight excluding hydrogens is 196 g/mol. The maximum absolute atomic E-state index is 11.5. The van der Waals surface area contributed by atoms with Gasteiger partial charge in [-0.25, -0.2) is 5.06 Å². The molecule has 1 aromatic carbocycles. The molecule has 0 saturated heterocycles. The zero-order valence-electron chi connectivity index (χ0n) is 8.61. The summed E-state index contributed by atoms with van der Waals surface area (Å²) in [7, 11) is 3.14. The number of nitrogens with zero attached hydrogens (tertiary/aromatic N) is 1. The van der Waals surface area contributed by atoms with Crippen LogP contribution in [0.3, 0.4) is 0 Å². The van der Waals surface area contributed by atoms with Crippen LogP contribution in [0.4, 0.5) is 5.69 Å². The molecule has 1 N–H and O–H groups in total. The Morgan fingerprint density at radius 2 is 2.20 bits per heavy atom. The average Bonchev–Trinajstić information content (AvgIpc) is 2.29. The lowest BCUT2D eigenvalue weighted by Crippen LogP contribution is -2.42. The summed E-state index contributed by atoms with van der Waals surface area (Å²) in [5.41, 5.74) is 1.31. The van der Waals surface area contributed by atoms with Crippen molar-refractivity contribution in [1.82, 2.24) is 5.32 Å². The minimum Gasteiger partial charge on any atom is -0.497 e. The second-order valence-electron chi connectivity index (χ2n) is 3.11. The van der Waals surface area contributed by atoms with Crippen LogP contribution in [0, 0.1) is 0 Å². The zero-order valence-corrected chi connectivity index (χ0v) is 8.61. The summed E-state index contributed by atoms with van der Waals surface area (Å²) in [5.74, 6) is 0.603. The highest BCUT2D eigenvalue weighted by Crippen LogP contribution is 2.27. The van der Waals surface area contributed by atoms with E-state index in [0.717, 1.165) is 5.69 Å². The van der Waals surface area contributed by atoms with Crippen LogP contribution in [0.5, 0.6) is 5.75 Å². The van der Waals surface area contributed by atoms with Gasteiger partial charge in [0.1, 0.15) is 12.4 Å². The summed E-state index contributed by atoms with van der Waals surface area (Å²) >= 11 is 0. The lowest BCUT2D eigenvalue weighted by Gasteiger charge is -2.28. The standard InChI is InChI=1S/C10H12N2O3/c1-14-7-3-4-8-9(5-7)12(15-2)6-11-10(8)13/h3-5H,6H2,1-2H3,(H,11,13). The number of fused-ring (bicyclic) bond motifs is 1. The van der Waals surface area contributed by atoms with Gasteiger partial charge in [0.15, 0.2) is 0 Å². The number of hydrogen-bond donors (Lipinski definition) is 1. The Labute approximate surface area is 87.5 Å². The molecule has 5 heteroatoms. The predicted octanol–water partition coefficient (Wildman–Crippen LogP) is 0.764. The third-order valence-electron chi connectivity index (χ3n) is 2.32. The molecule has 0 aromatic heterocycles. The number of ether oxygens (including phenoxy) is 1. The summed E-state index contributed by atoms with van der Waals surface area (Å²) in [6.07, 6.45) is 0. The Hall–Kier alpha value is -1.75. The first-order valence-electron chi connectivity index (χ1n) is 4.54. The van der Waals surface area contributed by atoms with Crippen molar-refractivity contribution >= 4 is 11.6 Å². The van der Waals surface area contributed by atoms with Crippen molar-refractivity contribution < 1.29 is 14.4 Å². The van der Waals surface area contributed by atoms with Gasteiger partial charge in [0.05, 0.1) is 25.5 Å². The molecule has 0 saturated carbocycles. The first-order valence-corrected chi connectivity index (χ1v) is 4.54. The van der Waals surface area contributed by atoms with Crippen molar-refractivity contribution in [3.05, 3.63) is 23.8 Å². The Balaban J connectivity index is 2.48. The number of carbonyl (C=O) groups excluding carboxylic acids is 1. The molecule has 5 nitrogen and oxygen atoms in total. The van der Waals surface area contributed by atoms with Crippen LogP contribution in [0.1, 0.15) is 10.4 Å². The molecular formula is C10H12N2O3. The Morgan fingerprint density at radius 3 is 2.87 bits per heavy atom. The van der Waals surface area contributed by atoms with Gasteiger partial charge in [-0.15, -0.1) is 0 Å². The molecule has 1 aromatic rings. The highest BCUT2D eigenvalue weighted by molar-refractivity contribution is 6.01. The third kappa shape index (κ3) is 1.61. The van der Waals surface area contributed by atoms with Gasteiger partial charge in [0.2, 0.25) is 0 Å². The fraction of sp³-hybridized carbons (Fsp3) is 0.300. The largest absolute Gasteiger partial charge is 0.497 e. The lowest BCUT2D eigenvalue weighted by molar-refractivity contribution is 0.0893. The van der Waals surface area contributed by atoms with Gasteiger partial charge in [0.25, 0.3) is 5.91 Å². The molecule has 1 aliphatic rings. The Kier molecular flexibility index (Phi) is 2.47. The van der Waals surface area contributed by atoms with Gasteiger partial charge in [-0.05, 0) is 12.1 Å². The number of nitrogens with one attached hydrogen (secondary N) is 1. The number of methoxy groups -OCH3 is 1. The molecule has 0 spiro atoms. The average molecular weight is 208 g/mol. The molecule has 0 atom stereocenters. The van der Waals surface area contributed by atoms with Crippen LogP contribution in [0.15, 0.2) is 18.2 Å². The van der Waals surface area contributed by atoms with Crippen molar-refractivity contribution in [2.75, 3.05) is 26.0 Å². The van der Waals surface area contributed by atoms with Gasteiger partial charge in [-0.1, -0.05) is 0 Å². The zero-order chi connectivity index (χ0) is 10.8. The minimum atomic E-state index is -0.0963. The van der Waals surface area contributed by atoms with Crippen LogP contribution >= 0.6 is 0 Å². The van der Waals surface area contributed by atoms with E-state index in [1.807, 2.05) is 0 Å². The van der Waals surface area contributed by atoms with E-state index in [2.05, 4.69) is 5.32 Å². The molecule has 80 valence electrons. The number of carbonyl (C=O) groups is 1. The van der Waals surface area contributed by atoms with Crippen molar-refractivity contribution in [2.45, 2.75) is 0 Å². The monoisotopic (exact) mass is 208 g/mol. The van der Waals surface area contributed by atoms with E-state index in [9.17, 15) is 4.79 Å². The fourth-order valence-corrected chi connectivity index (χ4v) is 1.52. The normalized spacial score (nSPS) is 14.5. The molecule has 0 radical (unpaired) electrons. The quantitative estimate of drug-likeness (QED) is 0.779. The molecule has 1 amide bonds. The van der Waals surface area contributed by atoms with Crippen LogP contribution in [0.2, 0.25) is 0 Å². The van der Waals surface area contributed by atoms with Crippen molar-refractivity contribution in [3.8, 4) is 5.75 Å². The van der Waals surface area contributed by atoms with Gasteiger partial charge < -0.3 is 10.1 Å². The molecule has 15 heavy (non-hydrogen) atoms. The van der Waals surface area contributed by atoms with Crippen LogP contribution in [0.25, 0.3) is 0 Å². The summed E-state index contributed by atoms with van der Waals surface area (Å²) < 4.78 is 5.09. The van der Waals surface area contributed by atoms with E-state index in [4.69, 9.17) is 9.57 Å². The van der Waals surface area contributed by atoms with E-state index >= 15 is 0 Å². The number of benzene rings is 1. The fourth-order valence-electron chi connectivity index (χ4n) is 1.52. The van der Waals surface area contributed by atoms with Crippen molar-refractivity contribution in [2.24, 2.45) is 0 Å². The number of rotatable bonds is 2. The molecule has 0 fully saturated rings.